The van der Waals surface area contributed by atoms with Gasteiger partial charge in [0.15, 0.2) is 0 Å². The van der Waals surface area contributed by atoms with Crippen LogP contribution in [0.2, 0.25) is 0 Å². The number of amides is 1. The maximum absolute atomic E-state index is 12.5. The summed E-state index contributed by atoms with van der Waals surface area (Å²) in [4.78, 5) is 18.0. The highest BCUT2D eigenvalue weighted by Gasteiger charge is 2.30. The molecule has 0 radical (unpaired) electrons. The van der Waals surface area contributed by atoms with E-state index < -0.39 is 0 Å². The van der Waals surface area contributed by atoms with Crippen molar-refractivity contribution in [1.82, 2.24) is 14.8 Å². The molecule has 0 aromatic carbocycles. The molecule has 0 bridgehead atoms. The van der Waals surface area contributed by atoms with E-state index in [0.717, 1.165) is 15.7 Å². The first-order chi connectivity index (χ1) is 11.2. The number of thiazole rings is 1. The summed E-state index contributed by atoms with van der Waals surface area (Å²) in [7, 11) is 0. The van der Waals surface area contributed by atoms with Crippen LogP contribution in [0.15, 0.2) is 35.2 Å². The van der Waals surface area contributed by atoms with Crippen LogP contribution in [0.3, 0.4) is 0 Å². The Balaban J connectivity index is 1.51. The van der Waals surface area contributed by atoms with E-state index >= 15 is 0 Å². The molecule has 1 saturated carbocycles. The van der Waals surface area contributed by atoms with Crippen LogP contribution in [0.25, 0.3) is 9.88 Å². The zero-order chi connectivity index (χ0) is 15.8. The van der Waals surface area contributed by atoms with E-state index in [0.29, 0.717) is 17.7 Å². The van der Waals surface area contributed by atoms with Crippen molar-refractivity contribution >= 4 is 34.4 Å². The second-order valence-corrected chi connectivity index (χ2v) is 7.51. The molecule has 0 saturated heterocycles. The van der Waals surface area contributed by atoms with E-state index in [1.165, 1.54) is 24.2 Å². The van der Waals surface area contributed by atoms with Crippen LogP contribution in [0.1, 0.15) is 36.3 Å². The molecule has 5 nitrogen and oxygen atoms in total. The fourth-order valence-corrected chi connectivity index (χ4v) is 4.20. The second-order valence-electron chi connectivity index (χ2n) is 5.71. The van der Waals surface area contributed by atoms with Gasteiger partial charge in [-0.25, -0.2) is 9.67 Å². The topological polar surface area (TPSA) is 59.8 Å². The first-order valence-corrected chi connectivity index (χ1v) is 9.32. The predicted octanol–water partition coefficient (Wildman–Crippen LogP) is 4.29. The molecule has 23 heavy (non-hydrogen) atoms. The Bertz CT molecular complexity index is 817. The lowest BCUT2D eigenvalue weighted by molar-refractivity contribution is 0.102. The molecule has 4 rings (SSSR count). The maximum atomic E-state index is 12.5. The highest BCUT2D eigenvalue weighted by molar-refractivity contribution is 7.20. The van der Waals surface area contributed by atoms with Crippen molar-refractivity contribution in [3.05, 3.63) is 40.8 Å². The van der Waals surface area contributed by atoms with Crippen LogP contribution in [0.5, 0.6) is 0 Å². The lowest BCUT2D eigenvalue weighted by Crippen LogP contribution is -2.18. The van der Waals surface area contributed by atoms with Crippen molar-refractivity contribution in [3.8, 4) is 9.88 Å². The SMILES string of the molecule is CC(C1CC1)n1nccc1NC(=O)c1csc(-c2cccs2)n1. The molecule has 3 heterocycles. The van der Waals surface area contributed by atoms with Crippen LogP contribution in [0, 0.1) is 5.92 Å². The Kier molecular flexibility index (Phi) is 3.74. The van der Waals surface area contributed by atoms with Gasteiger partial charge in [-0.15, -0.1) is 22.7 Å². The van der Waals surface area contributed by atoms with Crippen LogP contribution >= 0.6 is 22.7 Å². The first kappa shape index (κ1) is 14.6. The van der Waals surface area contributed by atoms with E-state index in [2.05, 4.69) is 22.3 Å². The summed E-state index contributed by atoms with van der Waals surface area (Å²) in [5.74, 6) is 1.23. The summed E-state index contributed by atoms with van der Waals surface area (Å²) in [5.41, 5.74) is 0.449. The average molecular weight is 344 g/mol. The van der Waals surface area contributed by atoms with Gasteiger partial charge in [0.1, 0.15) is 16.5 Å². The maximum Gasteiger partial charge on any atom is 0.276 e. The molecule has 1 fully saturated rings. The van der Waals surface area contributed by atoms with Gasteiger partial charge in [0.2, 0.25) is 0 Å². The number of carbonyl (C=O) groups excluding carboxylic acids is 1. The minimum absolute atomic E-state index is 0.186. The van der Waals surface area contributed by atoms with Crippen LogP contribution in [-0.2, 0) is 0 Å². The molecule has 3 aromatic heterocycles. The number of rotatable bonds is 5. The van der Waals surface area contributed by atoms with Crippen LogP contribution in [0.4, 0.5) is 5.82 Å². The molecule has 1 aliphatic carbocycles. The fourth-order valence-electron chi connectivity index (χ4n) is 2.59. The van der Waals surface area contributed by atoms with E-state index in [-0.39, 0.29) is 5.91 Å². The van der Waals surface area contributed by atoms with Crippen molar-refractivity contribution in [1.29, 1.82) is 0 Å². The first-order valence-electron chi connectivity index (χ1n) is 7.56. The lowest BCUT2D eigenvalue weighted by atomic mass is 10.2. The third kappa shape index (κ3) is 2.94. The average Bonchev–Trinajstić information content (AvgIpc) is 3.00. The molecular weight excluding hydrogens is 328 g/mol. The molecule has 1 N–H and O–H groups in total. The highest BCUT2D eigenvalue weighted by Crippen LogP contribution is 2.40. The van der Waals surface area contributed by atoms with Gasteiger partial charge in [0, 0.05) is 11.4 Å². The van der Waals surface area contributed by atoms with Gasteiger partial charge in [-0.2, -0.15) is 5.10 Å². The number of carbonyl (C=O) groups is 1. The number of nitrogens with zero attached hydrogens (tertiary/aromatic N) is 3. The van der Waals surface area contributed by atoms with Crippen molar-refractivity contribution < 1.29 is 4.79 Å². The lowest BCUT2D eigenvalue weighted by Gasteiger charge is -2.14. The van der Waals surface area contributed by atoms with E-state index in [1.807, 2.05) is 28.3 Å². The third-order valence-corrected chi connectivity index (χ3v) is 5.95. The molecule has 0 spiro atoms. The quantitative estimate of drug-likeness (QED) is 0.751. The van der Waals surface area contributed by atoms with E-state index in [1.54, 1.807) is 22.9 Å². The Hall–Kier alpha value is -1.99. The number of nitrogens with one attached hydrogen (secondary N) is 1. The fraction of sp³-hybridized carbons (Fsp3) is 0.312. The number of hydrogen-bond donors (Lipinski definition) is 1. The third-order valence-electron chi connectivity index (χ3n) is 4.07. The number of hydrogen-bond acceptors (Lipinski definition) is 5. The highest BCUT2D eigenvalue weighted by atomic mass is 32.1. The molecule has 118 valence electrons. The molecule has 3 aromatic rings. The molecular formula is C16H16N4OS2. The molecule has 1 amide bonds. The van der Waals surface area contributed by atoms with Gasteiger partial charge in [0.05, 0.1) is 17.1 Å². The van der Waals surface area contributed by atoms with Crippen molar-refractivity contribution in [3.63, 3.8) is 0 Å². The summed E-state index contributed by atoms with van der Waals surface area (Å²) < 4.78 is 1.90. The van der Waals surface area contributed by atoms with Crippen LogP contribution < -0.4 is 5.32 Å². The Morgan fingerprint density at radius 2 is 2.26 bits per heavy atom. The van der Waals surface area contributed by atoms with Crippen LogP contribution in [-0.4, -0.2) is 20.7 Å². The van der Waals surface area contributed by atoms with Crippen molar-refractivity contribution in [2.75, 3.05) is 5.32 Å². The van der Waals surface area contributed by atoms with Gasteiger partial charge < -0.3 is 5.32 Å². The zero-order valence-corrected chi connectivity index (χ0v) is 14.2. The van der Waals surface area contributed by atoms with Gasteiger partial charge in [-0.05, 0) is 37.1 Å². The van der Waals surface area contributed by atoms with Gasteiger partial charge in [0.25, 0.3) is 5.91 Å². The Morgan fingerprint density at radius 3 is 3.00 bits per heavy atom. The molecule has 1 aliphatic rings. The van der Waals surface area contributed by atoms with Gasteiger partial charge >= 0.3 is 0 Å². The number of anilines is 1. The molecule has 1 unspecified atom stereocenters. The normalized spacial score (nSPS) is 15.5. The largest absolute Gasteiger partial charge is 0.305 e. The standard InChI is InChI=1S/C16H16N4OS2/c1-10(11-4-5-11)20-14(6-7-17-20)19-15(21)12-9-23-16(18-12)13-3-2-8-22-13/h2-3,6-11H,4-5H2,1H3,(H,19,21). The van der Waals surface area contributed by atoms with Crippen molar-refractivity contribution in [2.24, 2.45) is 5.92 Å². The molecule has 7 heteroatoms. The smallest absolute Gasteiger partial charge is 0.276 e. The van der Waals surface area contributed by atoms with Gasteiger partial charge in [-0.3, -0.25) is 4.79 Å². The van der Waals surface area contributed by atoms with Crippen molar-refractivity contribution in [2.45, 2.75) is 25.8 Å². The number of thiophene rings is 1. The Morgan fingerprint density at radius 1 is 1.39 bits per heavy atom. The summed E-state index contributed by atoms with van der Waals surface area (Å²) in [5, 5.41) is 12.0. The Labute approximate surface area is 142 Å². The minimum atomic E-state index is -0.186. The van der Waals surface area contributed by atoms with E-state index in [9.17, 15) is 4.79 Å². The summed E-state index contributed by atoms with van der Waals surface area (Å²) in [6.07, 6.45) is 4.21. The zero-order valence-electron chi connectivity index (χ0n) is 12.6. The second kappa shape index (κ2) is 5.90. The summed E-state index contributed by atoms with van der Waals surface area (Å²) >= 11 is 3.11. The monoisotopic (exact) mass is 344 g/mol. The molecule has 0 aliphatic heterocycles. The minimum Gasteiger partial charge on any atom is -0.305 e. The van der Waals surface area contributed by atoms with E-state index in [4.69, 9.17) is 0 Å². The number of aromatic nitrogens is 3. The molecule has 1 atom stereocenters. The summed E-state index contributed by atoms with van der Waals surface area (Å²) in [6, 6.07) is 6.15. The summed E-state index contributed by atoms with van der Waals surface area (Å²) in [6.45, 7) is 2.15. The van der Waals surface area contributed by atoms with Gasteiger partial charge in [-0.1, -0.05) is 6.07 Å². The predicted molar refractivity (Wildman–Crippen MR) is 93.0 cm³/mol.